The van der Waals surface area contributed by atoms with Gasteiger partial charge in [-0.05, 0) is 48.9 Å². The van der Waals surface area contributed by atoms with Crippen LogP contribution in [0.2, 0.25) is 0 Å². The molecule has 0 spiro atoms. The van der Waals surface area contributed by atoms with Gasteiger partial charge >= 0.3 is 0 Å². The van der Waals surface area contributed by atoms with Crippen molar-refractivity contribution in [3.63, 3.8) is 0 Å². The zero-order chi connectivity index (χ0) is 18.6. The minimum atomic E-state index is -0.0996. The van der Waals surface area contributed by atoms with E-state index in [0.717, 1.165) is 42.7 Å². The topological polar surface area (TPSA) is 85.8 Å². The summed E-state index contributed by atoms with van der Waals surface area (Å²) in [6.07, 6.45) is 5.65. The smallest absolute Gasteiger partial charge is 0.270 e. The number of amides is 1. The number of hydrogen-bond acceptors (Lipinski definition) is 5. The third-order valence-electron chi connectivity index (χ3n) is 5.78. The van der Waals surface area contributed by atoms with Crippen molar-refractivity contribution in [2.45, 2.75) is 44.1 Å². The standard InChI is InChI=1S/C20H21N5O2/c1-20(8-9-20)19-23-17(24-27-19)13-3-5-14-12(11-13)4-6-15(14)22-18(26)16-7-10-21-25(16)2/h3,5,7,10-11,15H,4,6,8-9H2,1-2H3,(H,22,26). The molecule has 2 aromatic heterocycles. The third-order valence-corrected chi connectivity index (χ3v) is 5.78. The molecule has 1 unspecified atom stereocenters. The average Bonchev–Trinajstić information content (AvgIpc) is 3.07. The van der Waals surface area contributed by atoms with Crippen molar-refractivity contribution in [3.05, 3.63) is 53.2 Å². The molecule has 1 amide bonds. The van der Waals surface area contributed by atoms with Gasteiger partial charge in [0.05, 0.1) is 6.04 Å². The predicted octanol–water partition coefficient (Wildman–Crippen LogP) is 2.94. The maximum Gasteiger partial charge on any atom is 0.270 e. The second-order valence-corrected chi connectivity index (χ2v) is 7.80. The van der Waals surface area contributed by atoms with E-state index in [1.54, 1.807) is 24.0 Å². The van der Waals surface area contributed by atoms with E-state index in [1.807, 2.05) is 6.07 Å². The Balaban J connectivity index is 1.36. The molecule has 1 N–H and O–H groups in total. The Morgan fingerprint density at radius 3 is 2.93 bits per heavy atom. The summed E-state index contributed by atoms with van der Waals surface area (Å²) in [5.74, 6) is 1.28. The van der Waals surface area contributed by atoms with Gasteiger partial charge in [0, 0.05) is 24.2 Å². The first-order chi connectivity index (χ1) is 13.0. The summed E-state index contributed by atoms with van der Waals surface area (Å²) in [6, 6.07) is 7.94. The number of carbonyl (C=O) groups is 1. The molecule has 7 heteroatoms. The second kappa shape index (κ2) is 5.77. The highest BCUT2D eigenvalue weighted by Gasteiger charge is 2.44. The Bertz CT molecular complexity index is 1030. The van der Waals surface area contributed by atoms with Crippen LogP contribution in [0.3, 0.4) is 0 Å². The maximum atomic E-state index is 12.5. The average molecular weight is 363 g/mol. The van der Waals surface area contributed by atoms with Crippen LogP contribution in [0.15, 0.2) is 35.0 Å². The van der Waals surface area contributed by atoms with Gasteiger partial charge in [0.1, 0.15) is 5.69 Å². The fourth-order valence-corrected chi connectivity index (χ4v) is 3.72. The summed E-state index contributed by atoms with van der Waals surface area (Å²) in [5.41, 5.74) is 3.99. The van der Waals surface area contributed by atoms with E-state index in [-0.39, 0.29) is 17.4 Å². The summed E-state index contributed by atoms with van der Waals surface area (Å²) in [6.45, 7) is 2.16. The van der Waals surface area contributed by atoms with Crippen molar-refractivity contribution in [3.8, 4) is 11.4 Å². The molecule has 3 aromatic rings. The van der Waals surface area contributed by atoms with Crippen molar-refractivity contribution in [2.24, 2.45) is 7.05 Å². The van der Waals surface area contributed by atoms with E-state index in [2.05, 4.69) is 39.6 Å². The zero-order valence-electron chi connectivity index (χ0n) is 15.4. The SMILES string of the molecule is Cn1nccc1C(=O)NC1CCc2cc(-c3noc(C4(C)CC4)n3)ccc21. The molecule has 0 saturated heterocycles. The van der Waals surface area contributed by atoms with Gasteiger partial charge in [-0.25, -0.2) is 0 Å². The Hall–Kier alpha value is -2.96. The molecule has 1 fully saturated rings. The van der Waals surface area contributed by atoms with Crippen LogP contribution in [-0.4, -0.2) is 25.8 Å². The van der Waals surface area contributed by atoms with Crippen LogP contribution in [0.25, 0.3) is 11.4 Å². The van der Waals surface area contributed by atoms with E-state index in [9.17, 15) is 4.79 Å². The number of nitrogens with zero attached hydrogens (tertiary/aromatic N) is 4. The van der Waals surface area contributed by atoms with Gasteiger partial charge in [0.25, 0.3) is 5.91 Å². The van der Waals surface area contributed by atoms with Gasteiger partial charge < -0.3 is 9.84 Å². The minimum Gasteiger partial charge on any atom is -0.344 e. The lowest BCUT2D eigenvalue weighted by molar-refractivity contribution is 0.0927. The van der Waals surface area contributed by atoms with Crippen LogP contribution in [0.1, 0.15) is 59.7 Å². The highest BCUT2D eigenvalue weighted by Crippen LogP contribution is 2.47. The highest BCUT2D eigenvalue weighted by molar-refractivity contribution is 5.92. The lowest BCUT2D eigenvalue weighted by atomic mass is 10.0. The third kappa shape index (κ3) is 2.74. The number of hydrogen-bond donors (Lipinski definition) is 1. The van der Waals surface area contributed by atoms with E-state index in [4.69, 9.17) is 4.52 Å². The first-order valence-electron chi connectivity index (χ1n) is 9.30. The molecule has 1 atom stereocenters. The van der Waals surface area contributed by atoms with Crippen molar-refractivity contribution in [2.75, 3.05) is 0 Å². The van der Waals surface area contributed by atoms with Crippen molar-refractivity contribution in [1.82, 2.24) is 25.2 Å². The number of rotatable bonds is 4. The van der Waals surface area contributed by atoms with Crippen LogP contribution in [0.5, 0.6) is 0 Å². The monoisotopic (exact) mass is 363 g/mol. The number of nitrogens with one attached hydrogen (secondary N) is 1. The Kier molecular flexibility index (Phi) is 3.47. The molecule has 27 heavy (non-hydrogen) atoms. The maximum absolute atomic E-state index is 12.5. The van der Waals surface area contributed by atoms with E-state index in [0.29, 0.717) is 11.5 Å². The first-order valence-corrected chi connectivity index (χ1v) is 9.30. The van der Waals surface area contributed by atoms with Gasteiger partial charge in [-0.15, -0.1) is 0 Å². The molecule has 2 aliphatic rings. The van der Waals surface area contributed by atoms with Crippen LogP contribution < -0.4 is 5.32 Å². The second-order valence-electron chi connectivity index (χ2n) is 7.80. The molecule has 5 rings (SSSR count). The Morgan fingerprint density at radius 1 is 1.33 bits per heavy atom. The highest BCUT2D eigenvalue weighted by atomic mass is 16.5. The normalized spacial score (nSPS) is 19.7. The summed E-state index contributed by atoms with van der Waals surface area (Å²) in [4.78, 5) is 17.1. The fraction of sp³-hybridized carbons (Fsp3) is 0.400. The number of carbonyl (C=O) groups excluding carboxylic acids is 1. The van der Waals surface area contributed by atoms with Crippen LogP contribution in [0.4, 0.5) is 0 Å². The summed E-state index contributed by atoms with van der Waals surface area (Å²) >= 11 is 0. The molecule has 138 valence electrons. The van der Waals surface area contributed by atoms with Gasteiger partial charge in [0.2, 0.25) is 11.7 Å². The fourth-order valence-electron chi connectivity index (χ4n) is 3.72. The quantitative estimate of drug-likeness (QED) is 0.770. The van der Waals surface area contributed by atoms with Gasteiger partial charge in [-0.3, -0.25) is 9.48 Å². The molecule has 2 aliphatic carbocycles. The van der Waals surface area contributed by atoms with Gasteiger partial charge in [-0.1, -0.05) is 24.2 Å². The number of fused-ring (bicyclic) bond motifs is 1. The number of aryl methyl sites for hydroxylation is 2. The molecular weight excluding hydrogens is 342 g/mol. The number of aromatic nitrogens is 4. The molecular formula is C20H21N5O2. The number of benzene rings is 1. The Labute approximate surface area is 156 Å². The molecule has 0 bridgehead atoms. The van der Waals surface area contributed by atoms with Gasteiger partial charge in [-0.2, -0.15) is 10.1 Å². The van der Waals surface area contributed by atoms with Crippen LogP contribution >= 0.6 is 0 Å². The molecule has 7 nitrogen and oxygen atoms in total. The molecule has 2 heterocycles. The zero-order valence-corrected chi connectivity index (χ0v) is 15.4. The van der Waals surface area contributed by atoms with Crippen LogP contribution in [0, 0.1) is 0 Å². The van der Waals surface area contributed by atoms with Gasteiger partial charge in [0.15, 0.2) is 0 Å². The largest absolute Gasteiger partial charge is 0.344 e. The van der Waals surface area contributed by atoms with E-state index in [1.165, 1.54) is 5.56 Å². The van der Waals surface area contributed by atoms with Crippen molar-refractivity contribution in [1.29, 1.82) is 0 Å². The van der Waals surface area contributed by atoms with E-state index >= 15 is 0 Å². The molecule has 1 aromatic carbocycles. The Morgan fingerprint density at radius 2 is 2.19 bits per heavy atom. The van der Waals surface area contributed by atoms with Crippen LogP contribution in [-0.2, 0) is 18.9 Å². The summed E-state index contributed by atoms with van der Waals surface area (Å²) < 4.78 is 7.05. The first kappa shape index (κ1) is 16.2. The van der Waals surface area contributed by atoms with Crippen molar-refractivity contribution < 1.29 is 9.32 Å². The lowest BCUT2D eigenvalue weighted by Gasteiger charge is -2.14. The predicted molar refractivity (Wildman–Crippen MR) is 98.1 cm³/mol. The molecule has 0 aliphatic heterocycles. The summed E-state index contributed by atoms with van der Waals surface area (Å²) in [5, 5.41) is 11.3. The van der Waals surface area contributed by atoms with Crippen molar-refractivity contribution >= 4 is 5.91 Å². The molecule has 1 saturated carbocycles. The van der Waals surface area contributed by atoms with E-state index < -0.39 is 0 Å². The lowest BCUT2D eigenvalue weighted by Crippen LogP contribution is -2.28. The molecule has 0 radical (unpaired) electrons. The summed E-state index contributed by atoms with van der Waals surface area (Å²) in [7, 11) is 1.77. The minimum absolute atomic E-state index is 0.0163.